The number of rotatable bonds is 6. The molecule has 0 fully saturated rings. The minimum Gasteiger partial charge on any atom is -0.307 e. The number of nitriles is 2. The Labute approximate surface area is 215 Å². The van der Waals surface area contributed by atoms with Gasteiger partial charge in [-0.3, -0.25) is 4.98 Å². The molecule has 0 bridgehead atoms. The summed E-state index contributed by atoms with van der Waals surface area (Å²) in [6.45, 7) is 2.46. The number of sulfonamides is 1. The van der Waals surface area contributed by atoms with Crippen molar-refractivity contribution in [1.82, 2.24) is 14.3 Å². The van der Waals surface area contributed by atoms with Gasteiger partial charge in [-0.05, 0) is 67.4 Å². The molecular weight excluding hydrogens is 522 g/mol. The van der Waals surface area contributed by atoms with E-state index >= 15 is 0 Å². The van der Waals surface area contributed by atoms with Gasteiger partial charge in [0, 0.05) is 17.3 Å². The third-order valence-corrected chi connectivity index (χ3v) is 7.52. The highest BCUT2D eigenvalue weighted by atomic mass is 32.2. The molecule has 4 aromatic rings. The Morgan fingerprint density at radius 1 is 1.08 bits per heavy atom. The average Bonchev–Trinajstić information content (AvgIpc) is 3.20. The zero-order chi connectivity index (χ0) is 27.8. The molecule has 0 unspecified atom stereocenters. The molecular formula is C26H19F4N5O2S. The molecule has 1 atom stereocenters. The van der Waals surface area contributed by atoms with Gasteiger partial charge in [0.1, 0.15) is 22.8 Å². The summed E-state index contributed by atoms with van der Waals surface area (Å²) in [5, 5.41) is 19.5. The van der Waals surface area contributed by atoms with Crippen molar-refractivity contribution in [2.45, 2.75) is 37.4 Å². The second-order valence-corrected chi connectivity index (χ2v) is 10.1. The maximum Gasteiger partial charge on any atom is 0.404 e. The molecule has 194 valence electrons. The van der Waals surface area contributed by atoms with Crippen LogP contribution in [0.1, 0.15) is 30.5 Å². The molecule has 12 heteroatoms. The molecule has 0 aliphatic carbocycles. The van der Waals surface area contributed by atoms with E-state index in [1.165, 1.54) is 12.1 Å². The number of hydrogen-bond acceptors (Lipinski definition) is 5. The molecule has 2 aromatic carbocycles. The summed E-state index contributed by atoms with van der Waals surface area (Å²) >= 11 is 0. The quantitative estimate of drug-likeness (QED) is 0.330. The molecule has 0 aliphatic rings. The molecule has 0 saturated heterocycles. The van der Waals surface area contributed by atoms with Crippen molar-refractivity contribution in [3.8, 4) is 29.2 Å². The lowest BCUT2D eigenvalue weighted by molar-refractivity contribution is -0.147. The molecule has 2 heterocycles. The molecule has 38 heavy (non-hydrogen) atoms. The fourth-order valence-corrected chi connectivity index (χ4v) is 5.15. The van der Waals surface area contributed by atoms with Crippen LogP contribution in [0, 0.1) is 28.5 Å². The summed E-state index contributed by atoms with van der Waals surface area (Å²) in [6.07, 6.45) is -3.51. The Kier molecular flexibility index (Phi) is 6.98. The summed E-state index contributed by atoms with van der Waals surface area (Å²) in [5.41, 5.74) is 2.22. The van der Waals surface area contributed by atoms with Gasteiger partial charge in [0.05, 0.1) is 34.1 Å². The van der Waals surface area contributed by atoms with E-state index in [4.69, 9.17) is 5.26 Å². The number of nitrogens with one attached hydrogen (secondary N) is 1. The van der Waals surface area contributed by atoms with Gasteiger partial charge in [0.2, 0.25) is 10.0 Å². The van der Waals surface area contributed by atoms with Gasteiger partial charge in [0.25, 0.3) is 0 Å². The van der Waals surface area contributed by atoms with E-state index in [2.05, 4.69) is 11.1 Å². The highest BCUT2D eigenvalue weighted by Gasteiger charge is 2.39. The van der Waals surface area contributed by atoms with Crippen LogP contribution in [0.2, 0.25) is 0 Å². The number of aryl methyl sites for hydroxylation is 1. The van der Waals surface area contributed by atoms with Gasteiger partial charge in [-0.15, -0.1) is 0 Å². The lowest BCUT2D eigenvalue weighted by Gasteiger charge is -2.17. The van der Waals surface area contributed by atoms with Crippen LogP contribution in [0.3, 0.4) is 0 Å². The average molecular weight is 542 g/mol. The van der Waals surface area contributed by atoms with Crippen LogP contribution in [0.4, 0.5) is 17.6 Å². The fourth-order valence-electron chi connectivity index (χ4n) is 3.98. The molecule has 0 spiro atoms. The summed E-state index contributed by atoms with van der Waals surface area (Å²) in [4.78, 5) is 3.65. The lowest BCUT2D eigenvalue weighted by atomic mass is 10.1. The van der Waals surface area contributed by atoms with Gasteiger partial charge >= 0.3 is 6.18 Å². The van der Waals surface area contributed by atoms with E-state index in [1.807, 2.05) is 6.07 Å². The number of benzene rings is 2. The van der Waals surface area contributed by atoms with Gasteiger partial charge in [0.15, 0.2) is 0 Å². The van der Waals surface area contributed by atoms with Crippen molar-refractivity contribution >= 4 is 20.9 Å². The first-order chi connectivity index (χ1) is 17.9. The van der Waals surface area contributed by atoms with Crippen molar-refractivity contribution in [3.05, 3.63) is 77.2 Å². The fraction of sp³-hybridized carbons (Fsp3) is 0.192. The Bertz CT molecular complexity index is 1710. The monoisotopic (exact) mass is 541 g/mol. The standard InChI is InChI=1S/C26H19F4N5O2S/c1-3-17-10-24-20(11-22(17)27)21(13-32)25(35(24)18-6-4-16(12-31)5-7-18)23-9-8-19(14-33-23)38(36,37)34-15(2)26(28,29)30/h4-11,14-15,34H,3H2,1-2H3/t15-/m0/s1. The highest BCUT2D eigenvalue weighted by molar-refractivity contribution is 7.89. The zero-order valence-corrected chi connectivity index (χ0v) is 20.8. The van der Waals surface area contributed by atoms with Crippen LogP contribution in [0.25, 0.3) is 28.0 Å². The molecule has 0 amide bonds. The number of halogens is 4. The number of nitrogens with zero attached hydrogens (tertiary/aromatic N) is 4. The van der Waals surface area contributed by atoms with Crippen molar-refractivity contribution in [2.24, 2.45) is 0 Å². The second kappa shape index (κ2) is 9.89. The summed E-state index contributed by atoms with van der Waals surface area (Å²) < 4.78 is 81.5. The Hall–Kier alpha value is -4.26. The SMILES string of the molecule is CCc1cc2c(cc1F)c(C#N)c(-c1ccc(S(=O)(=O)N[C@@H](C)C(F)(F)F)cn1)n2-c1ccc(C#N)cc1. The molecule has 7 nitrogen and oxygen atoms in total. The maximum absolute atomic E-state index is 14.7. The van der Waals surface area contributed by atoms with Crippen LogP contribution in [-0.4, -0.2) is 30.2 Å². The number of hydrogen-bond donors (Lipinski definition) is 1. The maximum atomic E-state index is 14.7. The first kappa shape index (κ1) is 26.8. The topological polar surface area (TPSA) is 112 Å². The van der Waals surface area contributed by atoms with Crippen molar-refractivity contribution in [1.29, 1.82) is 10.5 Å². The summed E-state index contributed by atoms with van der Waals surface area (Å²) in [5.74, 6) is -0.501. The van der Waals surface area contributed by atoms with Crippen LogP contribution >= 0.6 is 0 Å². The third-order valence-electron chi connectivity index (χ3n) is 5.99. The first-order valence-electron chi connectivity index (χ1n) is 11.2. The van der Waals surface area contributed by atoms with Gasteiger partial charge in [-0.1, -0.05) is 6.92 Å². The highest BCUT2D eigenvalue weighted by Crippen LogP contribution is 2.37. The first-order valence-corrected chi connectivity index (χ1v) is 12.7. The summed E-state index contributed by atoms with van der Waals surface area (Å²) in [7, 11) is -4.55. The lowest BCUT2D eigenvalue weighted by Crippen LogP contribution is -2.42. The van der Waals surface area contributed by atoms with Crippen molar-refractivity contribution in [2.75, 3.05) is 0 Å². The minimum atomic E-state index is -4.78. The minimum absolute atomic E-state index is 0.0674. The van der Waals surface area contributed by atoms with Crippen LogP contribution in [0.15, 0.2) is 59.6 Å². The van der Waals surface area contributed by atoms with E-state index in [-0.39, 0.29) is 17.0 Å². The number of alkyl halides is 3. The Morgan fingerprint density at radius 3 is 2.29 bits per heavy atom. The molecule has 0 saturated carbocycles. The molecule has 0 aliphatic heterocycles. The van der Waals surface area contributed by atoms with E-state index in [9.17, 15) is 31.2 Å². The van der Waals surface area contributed by atoms with Crippen LogP contribution < -0.4 is 4.72 Å². The van der Waals surface area contributed by atoms with Crippen LogP contribution in [-0.2, 0) is 16.4 Å². The molecule has 4 rings (SSSR count). The van der Waals surface area contributed by atoms with Gasteiger partial charge in [-0.2, -0.15) is 28.4 Å². The van der Waals surface area contributed by atoms with E-state index in [1.54, 1.807) is 46.5 Å². The zero-order valence-electron chi connectivity index (χ0n) is 20.0. The van der Waals surface area contributed by atoms with Gasteiger partial charge < -0.3 is 4.57 Å². The van der Waals surface area contributed by atoms with Gasteiger partial charge in [-0.25, -0.2) is 12.8 Å². The van der Waals surface area contributed by atoms with E-state index in [0.29, 0.717) is 41.1 Å². The molecule has 0 radical (unpaired) electrons. The number of pyridine rings is 1. The van der Waals surface area contributed by atoms with Crippen molar-refractivity contribution in [3.63, 3.8) is 0 Å². The summed E-state index contributed by atoms with van der Waals surface area (Å²) in [6, 6.07) is 13.4. The molecule has 2 aromatic heterocycles. The Balaban J connectivity index is 1.93. The normalized spacial score (nSPS) is 12.7. The van der Waals surface area contributed by atoms with Crippen LogP contribution in [0.5, 0.6) is 0 Å². The number of aromatic nitrogens is 2. The van der Waals surface area contributed by atoms with E-state index < -0.39 is 33.0 Å². The predicted molar refractivity (Wildman–Crippen MR) is 131 cm³/mol. The molecule has 1 N–H and O–H groups in total. The third kappa shape index (κ3) is 4.84. The van der Waals surface area contributed by atoms with E-state index in [0.717, 1.165) is 12.3 Å². The van der Waals surface area contributed by atoms with Crippen molar-refractivity contribution < 1.29 is 26.0 Å². The smallest absolute Gasteiger partial charge is 0.307 e. The second-order valence-electron chi connectivity index (χ2n) is 8.41. The largest absolute Gasteiger partial charge is 0.404 e. The Morgan fingerprint density at radius 2 is 1.76 bits per heavy atom. The number of fused-ring (bicyclic) bond motifs is 1. The predicted octanol–water partition coefficient (Wildman–Crippen LogP) is 5.37.